The van der Waals surface area contributed by atoms with Gasteiger partial charge in [-0.25, -0.2) is 4.98 Å². The Kier molecular flexibility index (Phi) is 4.27. The summed E-state index contributed by atoms with van der Waals surface area (Å²) in [6.07, 6.45) is 3.29. The molecule has 1 aromatic carbocycles. The molecule has 0 aliphatic carbocycles. The monoisotopic (exact) mass is 301 g/mol. The second-order valence-electron chi connectivity index (χ2n) is 5.87. The van der Waals surface area contributed by atoms with Crippen molar-refractivity contribution >= 4 is 22.2 Å². The first kappa shape index (κ1) is 14.5. The van der Waals surface area contributed by atoms with Crippen molar-refractivity contribution in [2.24, 2.45) is 11.7 Å². The van der Waals surface area contributed by atoms with E-state index in [-0.39, 0.29) is 0 Å². The molecule has 4 heteroatoms. The molecule has 112 valence electrons. The molecule has 3 rings (SSSR count). The summed E-state index contributed by atoms with van der Waals surface area (Å²) in [4.78, 5) is 8.51. The van der Waals surface area contributed by atoms with Crippen LogP contribution in [0.15, 0.2) is 24.3 Å². The van der Waals surface area contributed by atoms with Gasteiger partial charge in [-0.15, -0.1) is 0 Å². The molecule has 21 heavy (non-hydrogen) atoms. The molecule has 1 unspecified atom stereocenters. The fourth-order valence-electron chi connectivity index (χ4n) is 3.05. The molecule has 1 aliphatic rings. The van der Waals surface area contributed by atoms with Gasteiger partial charge in [0, 0.05) is 23.7 Å². The van der Waals surface area contributed by atoms with Crippen LogP contribution in [0.4, 0.5) is 10.8 Å². The van der Waals surface area contributed by atoms with Gasteiger partial charge in [0.1, 0.15) is 0 Å². The first-order chi connectivity index (χ1) is 10.2. The van der Waals surface area contributed by atoms with E-state index in [1.807, 2.05) is 0 Å². The number of hydrogen-bond acceptors (Lipinski definition) is 4. The third-order valence-corrected chi connectivity index (χ3v) is 5.16. The van der Waals surface area contributed by atoms with E-state index >= 15 is 0 Å². The average Bonchev–Trinajstić information content (AvgIpc) is 2.89. The van der Waals surface area contributed by atoms with Gasteiger partial charge in [0.05, 0.1) is 5.69 Å². The van der Waals surface area contributed by atoms with Gasteiger partial charge < -0.3 is 10.6 Å². The molecule has 0 amide bonds. The van der Waals surface area contributed by atoms with Crippen LogP contribution in [0, 0.1) is 5.92 Å². The van der Waals surface area contributed by atoms with Crippen molar-refractivity contribution < 1.29 is 0 Å². The lowest BCUT2D eigenvalue weighted by Gasteiger charge is -2.32. The van der Waals surface area contributed by atoms with E-state index in [0.717, 1.165) is 30.9 Å². The minimum Gasteiger partial charge on any atom is -0.326 e. The van der Waals surface area contributed by atoms with Gasteiger partial charge in [0.2, 0.25) is 0 Å². The highest BCUT2D eigenvalue weighted by Gasteiger charge is 2.25. The second-order valence-corrected chi connectivity index (χ2v) is 6.93. The fraction of sp³-hybridized carbons (Fsp3) is 0.471. The van der Waals surface area contributed by atoms with Gasteiger partial charge >= 0.3 is 0 Å². The molecular weight excluding hydrogens is 278 g/mol. The molecule has 2 aromatic rings. The minimum atomic E-state index is 0.595. The summed E-state index contributed by atoms with van der Waals surface area (Å²) >= 11 is 1.76. The third-order valence-electron chi connectivity index (χ3n) is 4.02. The van der Waals surface area contributed by atoms with Crippen LogP contribution in [0.5, 0.6) is 0 Å². The Morgan fingerprint density at radius 1 is 1.38 bits per heavy atom. The van der Waals surface area contributed by atoms with E-state index in [1.54, 1.807) is 11.3 Å². The lowest BCUT2D eigenvalue weighted by Crippen LogP contribution is -2.30. The number of rotatable bonds is 4. The molecule has 0 saturated carbocycles. The predicted molar refractivity (Wildman–Crippen MR) is 90.3 cm³/mol. The molecule has 0 saturated heterocycles. The quantitative estimate of drug-likeness (QED) is 0.931. The molecule has 1 atom stereocenters. The van der Waals surface area contributed by atoms with E-state index in [2.05, 4.69) is 43.0 Å². The smallest absolute Gasteiger partial charge is 0.190 e. The molecule has 0 fully saturated rings. The van der Waals surface area contributed by atoms with Gasteiger partial charge in [-0.1, -0.05) is 49.8 Å². The predicted octanol–water partition coefficient (Wildman–Crippen LogP) is 3.88. The maximum atomic E-state index is 5.90. The maximum Gasteiger partial charge on any atom is 0.190 e. The molecule has 1 aromatic heterocycles. The zero-order valence-corrected chi connectivity index (χ0v) is 13.6. The fourth-order valence-corrected chi connectivity index (χ4v) is 4.06. The molecular formula is C17H23N3S. The summed E-state index contributed by atoms with van der Waals surface area (Å²) in [7, 11) is 0. The Labute approximate surface area is 130 Å². The Morgan fingerprint density at radius 2 is 2.19 bits per heavy atom. The van der Waals surface area contributed by atoms with Crippen molar-refractivity contribution in [1.82, 2.24) is 4.98 Å². The van der Waals surface area contributed by atoms with E-state index < -0.39 is 0 Å². The number of benzene rings is 1. The van der Waals surface area contributed by atoms with Crippen molar-refractivity contribution in [3.8, 4) is 0 Å². The summed E-state index contributed by atoms with van der Waals surface area (Å²) in [5.74, 6) is 0.653. The summed E-state index contributed by atoms with van der Waals surface area (Å²) < 4.78 is 0. The average molecular weight is 301 g/mol. The standard InChI is InChI=1S/C17H23N3S/c1-3-6-14-16(10-18)21-17(19-14)20-11-12(2)9-13-7-4-5-8-15(13)20/h4-5,7-8,12H,3,6,9-11,18H2,1-2H3. The van der Waals surface area contributed by atoms with Crippen LogP contribution in [0.25, 0.3) is 0 Å². The number of para-hydroxylation sites is 1. The lowest BCUT2D eigenvalue weighted by molar-refractivity contribution is 0.561. The van der Waals surface area contributed by atoms with Gasteiger partial charge in [0.25, 0.3) is 0 Å². The molecule has 2 N–H and O–H groups in total. The van der Waals surface area contributed by atoms with Crippen LogP contribution in [-0.2, 0) is 19.4 Å². The first-order valence-corrected chi connectivity index (χ1v) is 8.58. The number of anilines is 2. The van der Waals surface area contributed by atoms with Gasteiger partial charge in [-0.05, 0) is 30.4 Å². The summed E-state index contributed by atoms with van der Waals surface area (Å²) in [6, 6.07) is 8.70. The largest absolute Gasteiger partial charge is 0.326 e. The van der Waals surface area contributed by atoms with Crippen molar-refractivity contribution in [2.75, 3.05) is 11.4 Å². The zero-order valence-electron chi connectivity index (χ0n) is 12.8. The van der Waals surface area contributed by atoms with Gasteiger partial charge in [0.15, 0.2) is 5.13 Å². The Balaban J connectivity index is 2.00. The van der Waals surface area contributed by atoms with Crippen LogP contribution in [0.1, 0.15) is 36.4 Å². The van der Waals surface area contributed by atoms with E-state index in [4.69, 9.17) is 10.7 Å². The van der Waals surface area contributed by atoms with E-state index in [0.29, 0.717) is 12.5 Å². The molecule has 0 spiro atoms. The van der Waals surface area contributed by atoms with Gasteiger partial charge in [-0.3, -0.25) is 0 Å². The van der Waals surface area contributed by atoms with Crippen LogP contribution >= 0.6 is 11.3 Å². The van der Waals surface area contributed by atoms with Crippen molar-refractivity contribution in [1.29, 1.82) is 0 Å². The normalized spacial score (nSPS) is 17.9. The number of nitrogens with zero attached hydrogens (tertiary/aromatic N) is 2. The number of aryl methyl sites for hydroxylation is 1. The van der Waals surface area contributed by atoms with Crippen LogP contribution in [0.3, 0.4) is 0 Å². The van der Waals surface area contributed by atoms with Crippen LogP contribution in [0.2, 0.25) is 0 Å². The Hall–Kier alpha value is -1.39. The topological polar surface area (TPSA) is 42.2 Å². The molecule has 2 heterocycles. The number of thiazole rings is 1. The minimum absolute atomic E-state index is 0.595. The second kappa shape index (κ2) is 6.16. The number of nitrogens with two attached hydrogens (primary N) is 1. The first-order valence-electron chi connectivity index (χ1n) is 7.77. The summed E-state index contributed by atoms with van der Waals surface area (Å²) in [6.45, 7) is 6.14. The molecule has 0 radical (unpaired) electrons. The highest BCUT2D eigenvalue weighted by Crippen LogP contribution is 2.38. The molecule has 0 bridgehead atoms. The molecule has 1 aliphatic heterocycles. The Morgan fingerprint density at radius 3 is 2.95 bits per heavy atom. The third kappa shape index (κ3) is 2.83. The van der Waals surface area contributed by atoms with Crippen molar-refractivity contribution in [3.63, 3.8) is 0 Å². The maximum absolute atomic E-state index is 5.90. The number of aromatic nitrogens is 1. The number of fused-ring (bicyclic) bond motifs is 1. The molecule has 3 nitrogen and oxygen atoms in total. The summed E-state index contributed by atoms with van der Waals surface area (Å²) in [5, 5.41) is 1.11. The highest BCUT2D eigenvalue weighted by atomic mass is 32.1. The number of hydrogen-bond donors (Lipinski definition) is 1. The lowest BCUT2D eigenvalue weighted by atomic mass is 9.94. The van der Waals surface area contributed by atoms with Crippen molar-refractivity contribution in [3.05, 3.63) is 40.4 Å². The van der Waals surface area contributed by atoms with E-state index in [1.165, 1.54) is 21.8 Å². The van der Waals surface area contributed by atoms with Crippen molar-refractivity contribution in [2.45, 2.75) is 39.7 Å². The van der Waals surface area contributed by atoms with Crippen LogP contribution < -0.4 is 10.6 Å². The van der Waals surface area contributed by atoms with E-state index in [9.17, 15) is 0 Å². The Bertz CT molecular complexity index is 620. The van der Waals surface area contributed by atoms with Crippen LogP contribution in [-0.4, -0.2) is 11.5 Å². The zero-order chi connectivity index (χ0) is 14.8. The highest BCUT2D eigenvalue weighted by molar-refractivity contribution is 7.15. The SMILES string of the molecule is CCCc1nc(N2CC(C)Cc3ccccc32)sc1CN. The van der Waals surface area contributed by atoms with Gasteiger partial charge in [-0.2, -0.15) is 0 Å². The summed E-state index contributed by atoms with van der Waals surface area (Å²) in [5.41, 5.74) is 9.83.